The van der Waals surface area contributed by atoms with Gasteiger partial charge in [-0.25, -0.2) is 0 Å². The van der Waals surface area contributed by atoms with E-state index >= 15 is 0 Å². The van der Waals surface area contributed by atoms with Crippen molar-refractivity contribution in [1.29, 1.82) is 0 Å². The molecule has 0 amide bonds. The van der Waals surface area contributed by atoms with Crippen molar-refractivity contribution in [2.75, 3.05) is 0 Å². The number of ether oxygens (including phenoxy) is 1. The van der Waals surface area contributed by atoms with Crippen molar-refractivity contribution >= 4 is 0 Å². The lowest BCUT2D eigenvalue weighted by Gasteiger charge is -2.34. The SMILES string of the molecule is C=C(OC(C)C)C(C)(C)CC(C)(C)C. The van der Waals surface area contributed by atoms with Crippen molar-refractivity contribution in [1.82, 2.24) is 0 Å². The van der Waals surface area contributed by atoms with Crippen LogP contribution in [0.25, 0.3) is 0 Å². The zero-order valence-corrected chi connectivity index (χ0v) is 10.9. The molecule has 1 heteroatoms. The third kappa shape index (κ3) is 5.31. The van der Waals surface area contributed by atoms with Crippen molar-refractivity contribution in [3.8, 4) is 0 Å². The van der Waals surface area contributed by atoms with Crippen LogP contribution in [0.15, 0.2) is 12.3 Å². The quantitative estimate of drug-likeness (QED) is 0.609. The van der Waals surface area contributed by atoms with Crippen LogP contribution in [0.1, 0.15) is 54.9 Å². The molecule has 0 unspecified atom stereocenters. The standard InChI is InChI=1S/C13H26O/c1-10(2)14-11(3)13(7,8)9-12(4,5)6/h10H,3,9H2,1-2,4-8H3. The molecule has 1 nitrogen and oxygen atoms in total. The van der Waals surface area contributed by atoms with Crippen molar-refractivity contribution in [3.63, 3.8) is 0 Å². The molecule has 0 N–H and O–H groups in total. The van der Waals surface area contributed by atoms with Crippen LogP contribution < -0.4 is 0 Å². The number of hydrogen-bond donors (Lipinski definition) is 0. The Morgan fingerprint density at radius 3 is 1.86 bits per heavy atom. The molecule has 84 valence electrons. The Kier molecular flexibility index (Phi) is 4.23. The monoisotopic (exact) mass is 198 g/mol. The molecule has 0 rings (SSSR count). The Bertz CT molecular complexity index is 194. The van der Waals surface area contributed by atoms with Gasteiger partial charge < -0.3 is 4.74 Å². The zero-order valence-electron chi connectivity index (χ0n) is 10.9. The lowest BCUT2D eigenvalue weighted by molar-refractivity contribution is 0.0766. The van der Waals surface area contributed by atoms with Gasteiger partial charge in [0.05, 0.1) is 11.9 Å². The second kappa shape index (κ2) is 4.37. The average Bonchev–Trinajstić information content (AvgIpc) is 1.78. The fourth-order valence-electron chi connectivity index (χ4n) is 1.87. The molecular formula is C13H26O. The van der Waals surface area contributed by atoms with E-state index in [2.05, 4.69) is 41.2 Å². The third-order valence-electron chi connectivity index (χ3n) is 2.11. The largest absolute Gasteiger partial charge is 0.495 e. The maximum atomic E-state index is 5.67. The summed E-state index contributed by atoms with van der Waals surface area (Å²) < 4.78 is 5.67. The average molecular weight is 198 g/mol. The first-order chi connectivity index (χ1) is 6.04. The highest BCUT2D eigenvalue weighted by Crippen LogP contribution is 2.38. The predicted octanol–water partition coefficient (Wildman–Crippen LogP) is 4.39. The minimum absolute atomic E-state index is 0.0581. The lowest BCUT2D eigenvalue weighted by atomic mass is 9.75. The second-order valence-corrected chi connectivity index (χ2v) is 6.21. The van der Waals surface area contributed by atoms with Crippen LogP contribution in [0, 0.1) is 10.8 Å². The molecule has 0 aromatic rings. The fourth-order valence-corrected chi connectivity index (χ4v) is 1.87. The highest BCUT2D eigenvalue weighted by molar-refractivity contribution is 5.00. The lowest BCUT2D eigenvalue weighted by Crippen LogP contribution is -2.25. The van der Waals surface area contributed by atoms with Gasteiger partial charge in [0.15, 0.2) is 0 Å². The van der Waals surface area contributed by atoms with Crippen LogP contribution in [0.5, 0.6) is 0 Å². The van der Waals surface area contributed by atoms with Crippen molar-refractivity contribution < 1.29 is 4.74 Å². The van der Waals surface area contributed by atoms with Crippen molar-refractivity contribution in [3.05, 3.63) is 12.3 Å². The molecule has 0 aliphatic carbocycles. The van der Waals surface area contributed by atoms with Gasteiger partial charge in [-0.3, -0.25) is 0 Å². The Morgan fingerprint density at radius 2 is 1.57 bits per heavy atom. The van der Waals surface area contributed by atoms with E-state index in [4.69, 9.17) is 4.74 Å². The van der Waals surface area contributed by atoms with Crippen LogP contribution in [0.4, 0.5) is 0 Å². The first-order valence-electron chi connectivity index (χ1n) is 5.41. The predicted molar refractivity (Wildman–Crippen MR) is 63.2 cm³/mol. The van der Waals surface area contributed by atoms with Gasteiger partial charge in [0.1, 0.15) is 0 Å². The molecule has 14 heavy (non-hydrogen) atoms. The summed E-state index contributed by atoms with van der Waals surface area (Å²) in [6, 6.07) is 0. The van der Waals surface area contributed by atoms with Crippen molar-refractivity contribution in [2.45, 2.75) is 61.0 Å². The van der Waals surface area contributed by atoms with Gasteiger partial charge in [0.2, 0.25) is 0 Å². The highest BCUT2D eigenvalue weighted by Gasteiger charge is 2.29. The van der Waals surface area contributed by atoms with E-state index < -0.39 is 0 Å². The summed E-state index contributed by atoms with van der Waals surface area (Å²) in [4.78, 5) is 0. The molecular weight excluding hydrogens is 172 g/mol. The number of hydrogen-bond acceptors (Lipinski definition) is 1. The Balaban J connectivity index is 4.38. The topological polar surface area (TPSA) is 9.23 Å². The number of allylic oxidation sites excluding steroid dienone is 1. The van der Waals surface area contributed by atoms with Gasteiger partial charge in [-0.15, -0.1) is 0 Å². The van der Waals surface area contributed by atoms with E-state index in [1.807, 2.05) is 13.8 Å². The highest BCUT2D eigenvalue weighted by atomic mass is 16.5. The molecule has 0 bridgehead atoms. The minimum Gasteiger partial charge on any atom is -0.495 e. The van der Waals surface area contributed by atoms with Gasteiger partial charge in [-0.2, -0.15) is 0 Å². The molecule has 0 aliphatic heterocycles. The van der Waals surface area contributed by atoms with Gasteiger partial charge in [0.25, 0.3) is 0 Å². The molecule has 0 saturated heterocycles. The van der Waals surface area contributed by atoms with E-state index in [1.54, 1.807) is 0 Å². The van der Waals surface area contributed by atoms with Crippen LogP contribution in [0.3, 0.4) is 0 Å². The van der Waals surface area contributed by atoms with Gasteiger partial charge >= 0.3 is 0 Å². The van der Waals surface area contributed by atoms with E-state index in [0.717, 1.165) is 12.2 Å². The molecule has 0 heterocycles. The maximum absolute atomic E-state index is 5.67. The minimum atomic E-state index is 0.0581. The summed E-state index contributed by atoms with van der Waals surface area (Å²) in [5, 5.41) is 0. The first-order valence-corrected chi connectivity index (χ1v) is 5.41. The molecule has 0 aliphatic rings. The Morgan fingerprint density at radius 1 is 1.14 bits per heavy atom. The van der Waals surface area contributed by atoms with Crippen LogP contribution in [0.2, 0.25) is 0 Å². The van der Waals surface area contributed by atoms with Crippen LogP contribution in [-0.4, -0.2) is 6.10 Å². The van der Waals surface area contributed by atoms with Gasteiger partial charge in [-0.1, -0.05) is 41.2 Å². The summed E-state index contributed by atoms with van der Waals surface area (Å²) >= 11 is 0. The van der Waals surface area contributed by atoms with Crippen LogP contribution >= 0.6 is 0 Å². The smallest absolute Gasteiger partial charge is 0.0948 e. The van der Waals surface area contributed by atoms with Gasteiger partial charge in [0, 0.05) is 5.41 Å². The van der Waals surface area contributed by atoms with Gasteiger partial charge in [-0.05, 0) is 25.7 Å². The molecule has 0 aromatic heterocycles. The summed E-state index contributed by atoms with van der Waals surface area (Å²) in [6.07, 6.45) is 1.31. The Hall–Kier alpha value is -0.460. The Labute approximate surface area is 89.5 Å². The van der Waals surface area contributed by atoms with E-state index in [9.17, 15) is 0 Å². The molecule has 0 radical (unpaired) electrons. The fraction of sp³-hybridized carbons (Fsp3) is 0.846. The first kappa shape index (κ1) is 13.5. The summed E-state index contributed by atoms with van der Waals surface area (Å²) in [5.74, 6) is 0.905. The molecule has 0 aromatic carbocycles. The normalized spacial score (nSPS) is 13.1. The second-order valence-electron chi connectivity index (χ2n) is 6.21. The van der Waals surface area contributed by atoms with E-state index in [0.29, 0.717) is 5.41 Å². The maximum Gasteiger partial charge on any atom is 0.0948 e. The summed E-state index contributed by atoms with van der Waals surface area (Å²) in [7, 11) is 0. The van der Waals surface area contributed by atoms with Crippen LogP contribution in [-0.2, 0) is 4.74 Å². The number of rotatable bonds is 4. The summed E-state index contributed by atoms with van der Waals surface area (Å²) in [6.45, 7) is 19.2. The van der Waals surface area contributed by atoms with E-state index in [-0.39, 0.29) is 11.5 Å². The third-order valence-corrected chi connectivity index (χ3v) is 2.11. The molecule has 0 atom stereocenters. The molecule has 0 spiro atoms. The summed E-state index contributed by atoms with van der Waals surface area (Å²) in [5.41, 5.74) is 0.370. The zero-order chi connectivity index (χ0) is 11.6. The molecule has 0 fully saturated rings. The molecule has 0 saturated carbocycles. The van der Waals surface area contributed by atoms with Crippen molar-refractivity contribution in [2.24, 2.45) is 10.8 Å². The van der Waals surface area contributed by atoms with E-state index in [1.165, 1.54) is 0 Å².